The van der Waals surface area contributed by atoms with E-state index >= 15 is 0 Å². The molecular weight excluding hydrogens is 510 g/mol. The minimum Gasteiger partial charge on any atom is -0.340 e. The number of carbonyl (C=O) groups is 3. The molecule has 39 heavy (non-hydrogen) atoms. The molecule has 0 aromatic heterocycles. The number of benzene rings is 1. The van der Waals surface area contributed by atoms with Gasteiger partial charge in [0.2, 0.25) is 17.7 Å². The standard InChI is InChI=1S/C32H48ClN3O3/c1-21(2)28(37)35-19-15-26(27(35)22-8-10-23(33)11-9-22)29(38)34-18-14-25(20-34)36(30(39)31(3,4)5)24-12-16-32(6,7)17-13-24/h8-11,21,24-27H,12-20H2,1-7H3/t25-,26-,27+/m0/s1. The van der Waals surface area contributed by atoms with Gasteiger partial charge in [-0.25, -0.2) is 0 Å². The van der Waals surface area contributed by atoms with Crippen molar-refractivity contribution in [1.82, 2.24) is 14.7 Å². The average Bonchev–Trinajstić information content (AvgIpc) is 3.52. The lowest BCUT2D eigenvalue weighted by Gasteiger charge is -2.45. The zero-order chi connectivity index (χ0) is 28.7. The van der Waals surface area contributed by atoms with Crippen molar-refractivity contribution in [3.63, 3.8) is 0 Å². The number of hydrogen-bond donors (Lipinski definition) is 0. The number of carbonyl (C=O) groups excluding carboxylic acids is 3. The quantitative estimate of drug-likeness (QED) is 0.425. The molecule has 2 heterocycles. The Morgan fingerprint density at radius 3 is 2.13 bits per heavy atom. The first-order chi connectivity index (χ1) is 18.2. The van der Waals surface area contributed by atoms with E-state index in [2.05, 4.69) is 18.7 Å². The summed E-state index contributed by atoms with van der Waals surface area (Å²) >= 11 is 6.17. The maximum absolute atomic E-state index is 14.1. The predicted molar refractivity (Wildman–Crippen MR) is 156 cm³/mol. The molecule has 1 aromatic rings. The van der Waals surface area contributed by atoms with Crippen LogP contribution in [0.4, 0.5) is 0 Å². The summed E-state index contributed by atoms with van der Waals surface area (Å²) in [6, 6.07) is 7.54. The molecule has 3 aliphatic rings. The number of hydrogen-bond acceptors (Lipinski definition) is 3. The third-order valence-corrected chi connectivity index (χ3v) is 9.40. The van der Waals surface area contributed by atoms with E-state index in [1.165, 1.54) is 0 Å². The van der Waals surface area contributed by atoms with Crippen LogP contribution in [0.5, 0.6) is 0 Å². The van der Waals surface area contributed by atoms with Crippen molar-refractivity contribution in [3.05, 3.63) is 34.9 Å². The molecule has 7 heteroatoms. The van der Waals surface area contributed by atoms with Crippen molar-refractivity contribution in [2.45, 2.75) is 105 Å². The first-order valence-electron chi connectivity index (χ1n) is 14.9. The highest BCUT2D eigenvalue weighted by molar-refractivity contribution is 6.30. The molecule has 4 rings (SSSR count). The first kappa shape index (κ1) is 29.9. The van der Waals surface area contributed by atoms with E-state index in [0.29, 0.717) is 36.5 Å². The van der Waals surface area contributed by atoms with E-state index in [4.69, 9.17) is 11.6 Å². The summed E-state index contributed by atoms with van der Waals surface area (Å²) in [5.41, 5.74) is 0.811. The van der Waals surface area contributed by atoms with Gasteiger partial charge in [-0.2, -0.15) is 0 Å². The molecule has 2 saturated heterocycles. The lowest BCUT2D eigenvalue weighted by Crippen LogP contribution is -2.54. The highest BCUT2D eigenvalue weighted by Crippen LogP contribution is 2.42. The molecule has 1 aromatic carbocycles. The predicted octanol–water partition coefficient (Wildman–Crippen LogP) is 6.33. The minimum absolute atomic E-state index is 0.0377. The molecule has 3 amide bonds. The van der Waals surface area contributed by atoms with Crippen LogP contribution in [0.15, 0.2) is 24.3 Å². The van der Waals surface area contributed by atoms with Gasteiger partial charge in [0.25, 0.3) is 0 Å². The monoisotopic (exact) mass is 557 g/mol. The highest BCUT2D eigenvalue weighted by atomic mass is 35.5. The molecule has 2 aliphatic heterocycles. The summed E-state index contributed by atoms with van der Waals surface area (Å²) in [5, 5.41) is 0.637. The molecule has 0 unspecified atom stereocenters. The van der Waals surface area contributed by atoms with Crippen molar-refractivity contribution in [1.29, 1.82) is 0 Å². The molecule has 3 atom stereocenters. The van der Waals surface area contributed by atoms with E-state index in [-0.39, 0.29) is 47.7 Å². The fourth-order valence-corrected chi connectivity index (χ4v) is 6.91. The zero-order valence-corrected chi connectivity index (χ0v) is 25.8. The minimum atomic E-state index is -0.465. The second-order valence-corrected chi connectivity index (χ2v) is 14.6. The third kappa shape index (κ3) is 6.47. The van der Waals surface area contributed by atoms with Crippen LogP contribution >= 0.6 is 11.6 Å². The molecule has 6 nitrogen and oxygen atoms in total. The van der Waals surface area contributed by atoms with Crippen molar-refractivity contribution < 1.29 is 14.4 Å². The van der Waals surface area contributed by atoms with Crippen molar-refractivity contribution in [3.8, 4) is 0 Å². The Labute approximate surface area is 240 Å². The van der Waals surface area contributed by atoms with Crippen LogP contribution in [-0.2, 0) is 14.4 Å². The first-order valence-corrected chi connectivity index (χ1v) is 15.2. The van der Waals surface area contributed by atoms with Crippen molar-refractivity contribution >= 4 is 29.3 Å². The van der Waals surface area contributed by atoms with Gasteiger partial charge >= 0.3 is 0 Å². The number of amides is 3. The zero-order valence-electron chi connectivity index (χ0n) is 25.0. The van der Waals surface area contributed by atoms with Crippen molar-refractivity contribution in [2.24, 2.45) is 22.7 Å². The number of likely N-dealkylation sites (tertiary alicyclic amines) is 2. The van der Waals surface area contributed by atoms with Crippen LogP contribution in [-0.4, -0.2) is 64.1 Å². The lowest BCUT2D eigenvalue weighted by molar-refractivity contribution is -0.147. The van der Waals surface area contributed by atoms with Crippen LogP contribution in [0.2, 0.25) is 5.02 Å². The van der Waals surface area contributed by atoms with Gasteiger partial charge in [-0.15, -0.1) is 0 Å². The molecule has 1 saturated carbocycles. The summed E-state index contributed by atoms with van der Waals surface area (Å²) in [7, 11) is 0. The smallest absolute Gasteiger partial charge is 0.228 e. The van der Waals surface area contributed by atoms with Crippen molar-refractivity contribution in [2.75, 3.05) is 19.6 Å². The highest BCUT2D eigenvalue weighted by Gasteiger charge is 2.47. The fourth-order valence-electron chi connectivity index (χ4n) is 6.78. The Kier molecular flexibility index (Phi) is 8.76. The summed E-state index contributed by atoms with van der Waals surface area (Å²) in [6.45, 7) is 16.3. The van der Waals surface area contributed by atoms with E-state index in [1.807, 2.05) is 68.7 Å². The third-order valence-electron chi connectivity index (χ3n) is 9.15. The Morgan fingerprint density at radius 1 is 0.949 bits per heavy atom. The number of rotatable bonds is 5. The van der Waals surface area contributed by atoms with Gasteiger partial charge in [-0.1, -0.05) is 72.2 Å². The average molecular weight is 558 g/mol. The Hall–Kier alpha value is -2.08. The largest absolute Gasteiger partial charge is 0.340 e. The van der Waals surface area contributed by atoms with Gasteiger partial charge in [0, 0.05) is 42.0 Å². The van der Waals surface area contributed by atoms with Gasteiger partial charge < -0.3 is 14.7 Å². The summed E-state index contributed by atoms with van der Waals surface area (Å²) in [4.78, 5) is 47.0. The van der Waals surface area contributed by atoms with E-state index < -0.39 is 5.41 Å². The molecule has 3 fully saturated rings. The molecule has 0 spiro atoms. The maximum Gasteiger partial charge on any atom is 0.228 e. The fraction of sp³-hybridized carbons (Fsp3) is 0.719. The van der Waals surface area contributed by atoms with Crippen LogP contribution in [0.1, 0.15) is 98.6 Å². The van der Waals surface area contributed by atoms with Gasteiger partial charge in [0.15, 0.2) is 0 Å². The summed E-state index contributed by atoms with van der Waals surface area (Å²) < 4.78 is 0. The Bertz CT molecular complexity index is 1050. The molecule has 0 bridgehead atoms. The normalized spacial score (nSPS) is 25.8. The molecule has 0 N–H and O–H groups in total. The van der Waals surface area contributed by atoms with Crippen LogP contribution < -0.4 is 0 Å². The van der Waals surface area contributed by atoms with Gasteiger partial charge in [0.1, 0.15) is 0 Å². The molecular formula is C32H48ClN3O3. The Morgan fingerprint density at radius 2 is 1.56 bits per heavy atom. The summed E-state index contributed by atoms with van der Waals surface area (Å²) in [6.07, 6.45) is 5.73. The number of nitrogens with zero attached hydrogens (tertiary/aromatic N) is 3. The van der Waals surface area contributed by atoms with Crippen LogP contribution in [0.3, 0.4) is 0 Å². The maximum atomic E-state index is 14.1. The lowest BCUT2D eigenvalue weighted by atomic mass is 9.74. The summed E-state index contributed by atoms with van der Waals surface area (Å²) in [5.74, 6) is -0.0617. The van der Waals surface area contributed by atoms with E-state index in [0.717, 1.165) is 37.7 Å². The number of halogens is 1. The Balaban J connectivity index is 1.55. The SMILES string of the molecule is CC(C)C(=O)N1CC[C@H](C(=O)N2CC[C@H](N(C(=O)C(C)(C)C)C3CCC(C)(C)CC3)C2)[C@H]1c1ccc(Cl)cc1. The second kappa shape index (κ2) is 11.4. The molecule has 216 valence electrons. The molecule has 0 radical (unpaired) electrons. The van der Waals surface area contributed by atoms with Gasteiger partial charge in [-0.05, 0) is 61.6 Å². The molecule has 1 aliphatic carbocycles. The van der Waals surface area contributed by atoms with Gasteiger partial charge in [0.05, 0.1) is 18.0 Å². The van der Waals surface area contributed by atoms with E-state index in [1.54, 1.807) is 0 Å². The second-order valence-electron chi connectivity index (χ2n) is 14.2. The van der Waals surface area contributed by atoms with E-state index in [9.17, 15) is 14.4 Å². The van der Waals surface area contributed by atoms with Crippen LogP contribution in [0, 0.1) is 22.7 Å². The topological polar surface area (TPSA) is 60.9 Å². The van der Waals surface area contributed by atoms with Gasteiger partial charge in [-0.3, -0.25) is 14.4 Å². The van der Waals surface area contributed by atoms with Crippen LogP contribution in [0.25, 0.3) is 0 Å².